The van der Waals surface area contributed by atoms with Crippen LogP contribution in [0.15, 0.2) is 24.3 Å². The SMILES string of the molecule is COc1cccc(N2OC(=O)CC(=O)ONC2=S)c1. The lowest BCUT2D eigenvalue weighted by atomic mass is 10.3. The molecule has 19 heavy (non-hydrogen) atoms. The maximum absolute atomic E-state index is 11.4. The zero-order valence-electron chi connectivity index (χ0n) is 9.91. The molecule has 0 amide bonds. The fourth-order valence-corrected chi connectivity index (χ4v) is 1.56. The van der Waals surface area contributed by atoms with Crippen LogP contribution in [0.2, 0.25) is 0 Å². The Balaban J connectivity index is 2.27. The zero-order chi connectivity index (χ0) is 13.8. The first-order valence-corrected chi connectivity index (χ1v) is 5.65. The van der Waals surface area contributed by atoms with Crippen LogP contribution in [0, 0.1) is 0 Å². The van der Waals surface area contributed by atoms with Gasteiger partial charge in [-0.05, 0) is 24.4 Å². The number of carbonyl (C=O) groups is 2. The van der Waals surface area contributed by atoms with Gasteiger partial charge in [0.25, 0.3) is 0 Å². The molecule has 100 valence electrons. The van der Waals surface area contributed by atoms with Gasteiger partial charge in [-0.1, -0.05) is 6.07 Å². The van der Waals surface area contributed by atoms with E-state index in [-0.39, 0.29) is 5.11 Å². The molecule has 0 unspecified atom stereocenters. The normalized spacial score (nSPS) is 15.8. The molecule has 1 heterocycles. The van der Waals surface area contributed by atoms with Crippen LogP contribution in [0.1, 0.15) is 6.42 Å². The number of hydroxylamine groups is 2. The number of nitrogens with one attached hydrogen (secondary N) is 1. The van der Waals surface area contributed by atoms with Gasteiger partial charge in [-0.25, -0.2) is 9.59 Å². The van der Waals surface area contributed by atoms with Gasteiger partial charge in [0.05, 0.1) is 12.8 Å². The molecule has 1 aromatic carbocycles. The average Bonchev–Trinajstić information content (AvgIpc) is 2.41. The van der Waals surface area contributed by atoms with Crippen LogP contribution in [0.4, 0.5) is 5.69 Å². The smallest absolute Gasteiger partial charge is 0.344 e. The van der Waals surface area contributed by atoms with Crippen molar-refractivity contribution in [1.29, 1.82) is 0 Å². The zero-order valence-corrected chi connectivity index (χ0v) is 10.7. The molecular weight excluding hydrogens is 272 g/mol. The molecule has 0 aliphatic carbocycles. The molecule has 7 nitrogen and oxygen atoms in total. The van der Waals surface area contributed by atoms with E-state index in [0.717, 1.165) is 5.06 Å². The lowest BCUT2D eigenvalue weighted by Gasteiger charge is -2.25. The van der Waals surface area contributed by atoms with Gasteiger partial charge in [-0.15, -0.1) is 5.06 Å². The predicted molar refractivity (Wildman–Crippen MR) is 68.0 cm³/mol. The maximum Gasteiger partial charge on any atom is 0.344 e. The molecule has 0 aromatic heterocycles. The molecular formula is C11H10N2O5S. The summed E-state index contributed by atoms with van der Waals surface area (Å²) in [7, 11) is 1.51. The molecule has 8 heteroatoms. The quantitative estimate of drug-likeness (QED) is 0.627. The van der Waals surface area contributed by atoms with Gasteiger partial charge in [-0.3, -0.25) is 0 Å². The molecule has 1 saturated heterocycles. The molecule has 1 aliphatic rings. The summed E-state index contributed by atoms with van der Waals surface area (Å²) in [5.74, 6) is -0.968. The monoisotopic (exact) mass is 282 g/mol. The van der Waals surface area contributed by atoms with Gasteiger partial charge in [0.15, 0.2) is 0 Å². The van der Waals surface area contributed by atoms with Crippen LogP contribution < -0.4 is 15.3 Å². The minimum atomic E-state index is -0.767. The lowest BCUT2D eigenvalue weighted by Crippen LogP contribution is -2.45. The third-order valence-electron chi connectivity index (χ3n) is 2.21. The second kappa shape index (κ2) is 5.53. The Labute approximate surface area is 113 Å². The van der Waals surface area contributed by atoms with E-state index < -0.39 is 18.4 Å². The second-order valence-electron chi connectivity index (χ2n) is 3.52. The highest BCUT2D eigenvalue weighted by Crippen LogP contribution is 2.22. The van der Waals surface area contributed by atoms with Crippen molar-refractivity contribution in [3.8, 4) is 5.75 Å². The van der Waals surface area contributed by atoms with Crippen LogP contribution in [-0.2, 0) is 19.3 Å². The molecule has 0 atom stereocenters. The number of ether oxygens (including phenoxy) is 1. The van der Waals surface area contributed by atoms with E-state index >= 15 is 0 Å². The first kappa shape index (κ1) is 13.1. The highest BCUT2D eigenvalue weighted by molar-refractivity contribution is 7.80. The number of anilines is 1. The van der Waals surface area contributed by atoms with Gasteiger partial charge in [0, 0.05) is 6.07 Å². The largest absolute Gasteiger partial charge is 0.497 e. The summed E-state index contributed by atoms with van der Waals surface area (Å²) in [6.07, 6.45) is -0.504. The minimum absolute atomic E-state index is 0.0744. The van der Waals surface area contributed by atoms with Gasteiger partial charge in [0.1, 0.15) is 12.2 Å². The van der Waals surface area contributed by atoms with Crippen LogP contribution in [-0.4, -0.2) is 24.2 Å². The van der Waals surface area contributed by atoms with Crippen molar-refractivity contribution in [3.05, 3.63) is 24.3 Å². The van der Waals surface area contributed by atoms with Crippen molar-refractivity contribution in [2.45, 2.75) is 6.42 Å². The maximum atomic E-state index is 11.4. The molecule has 1 N–H and O–H groups in total. The Bertz CT molecular complexity index is 534. The minimum Gasteiger partial charge on any atom is -0.497 e. The van der Waals surface area contributed by atoms with Crippen LogP contribution in [0.5, 0.6) is 5.75 Å². The fourth-order valence-electron chi connectivity index (χ4n) is 1.38. The highest BCUT2D eigenvalue weighted by atomic mass is 32.1. The number of rotatable bonds is 2. The predicted octanol–water partition coefficient (Wildman–Crippen LogP) is 0.696. The number of benzene rings is 1. The molecule has 1 aromatic rings. The molecule has 1 fully saturated rings. The molecule has 0 spiro atoms. The molecule has 0 radical (unpaired) electrons. The summed E-state index contributed by atoms with van der Waals surface area (Å²) < 4.78 is 5.06. The lowest BCUT2D eigenvalue weighted by molar-refractivity contribution is -0.159. The van der Waals surface area contributed by atoms with E-state index in [1.807, 2.05) is 0 Å². The van der Waals surface area contributed by atoms with Gasteiger partial charge >= 0.3 is 11.9 Å². The summed E-state index contributed by atoms with van der Waals surface area (Å²) in [5.41, 5.74) is 2.69. The standard InChI is InChI=1S/C11H10N2O5S/c1-16-8-4-2-3-7(5-8)13-11(19)12-17-9(14)6-10(15)18-13/h2-5H,6H2,1H3,(H,12,19). The Morgan fingerprint density at radius 1 is 1.37 bits per heavy atom. The van der Waals surface area contributed by atoms with Crippen molar-refractivity contribution in [2.75, 3.05) is 12.2 Å². The Hall–Kier alpha value is -2.35. The highest BCUT2D eigenvalue weighted by Gasteiger charge is 2.25. The Morgan fingerprint density at radius 2 is 2.16 bits per heavy atom. The number of hydrogen-bond donors (Lipinski definition) is 1. The van der Waals surface area contributed by atoms with E-state index in [1.54, 1.807) is 24.3 Å². The number of thiocarbonyl (C=S) groups is 1. The van der Waals surface area contributed by atoms with Gasteiger partial charge in [0.2, 0.25) is 5.11 Å². The number of carbonyl (C=O) groups excluding carboxylic acids is 2. The second-order valence-corrected chi connectivity index (χ2v) is 3.90. The summed E-state index contributed by atoms with van der Waals surface area (Å²) in [6, 6.07) is 6.71. The average molecular weight is 282 g/mol. The summed E-state index contributed by atoms with van der Waals surface area (Å²) in [5, 5.41) is 0.974. The Morgan fingerprint density at radius 3 is 2.89 bits per heavy atom. The molecule has 0 bridgehead atoms. The van der Waals surface area contributed by atoms with E-state index in [2.05, 4.69) is 10.3 Å². The first-order chi connectivity index (χ1) is 9.10. The van der Waals surface area contributed by atoms with Gasteiger partial charge < -0.3 is 14.4 Å². The van der Waals surface area contributed by atoms with E-state index in [9.17, 15) is 9.59 Å². The van der Waals surface area contributed by atoms with Crippen molar-refractivity contribution < 1.29 is 24.0 Å². The van der Waals surface area contributed by atoms with E-state index in [0.29, 0.717) is 11.4 Å². The molecule has 1 aliphatic heterocycles. The molecule has 0 saturated carbocycles. The van der Waals surface area contributed by atoms with Crippen molar-refractivity contribution in [2.24, 2.45) is 0 Å². The summed E-state index contributed by atoms with van der Waals surface area (Å²) in [4.78, 5) is 32.1. The van der Waals surface area contributed by atoms with E-state index in [1.165, 1.54) is 7.11 Å². The van der Waals surface area contributed by atoms with Crippen molar-refractivity contribution in [3.63, 3.8) is 0 Å². The topological polar surface area (TPSA) is 77.1 Å². The van der Waals surface area contributed by atoms with Crippen LogP contribution in [0.3, 0.4) is 0 Å². The fraction of sp³-hybridized carbons (Fsp3) is 0.182. The third-order valence-corrected chi connectivity index (χ3v) is 2.46. The first-order valence-electron chi connectivity index (χ1n) is 5.25. The number of hydrogen-bond acceptors (Lipinski definition) is 6. The Kier molecular flexibility index (Phi) is 3.81. The number of methoxy groups -OCH3 is 1. The van der Waals surface area contributed by atoms with Crippen LogP contribution >= 0.6 is 12.2 Å². The van der Waals surface area contributed by atoms with E-state index in [4.69, 9.17) is 21.8 Å². The van der Waals surface area contributed by atoms with Crippen LogP contribution in [0.25, 0.3) is 0 Å². The third kappa shape index (κ3) is 3.10. The number of nitrogens with zero attached hydrogens (tertiary/aromatic N) is 1. The summed E-state index contributed by atoms with van der Waals surface area (Å²) >= 11 is 4.96. The van der Waals surface area contributed by atoms with Crippen molar-refractivity contribution >= 4 is 35.0 Å². The molecule has 2 rings (SSSR count). The summed E-state index contributed by atoms with van der Waals surface area (Å²) in [6.45, 7) is 0. The van der Waals surface area contributed by atoms with Gasteiger partial charge in [-0.2, -0.15) is 5.48 Å². The van der Waals surface area contributed by atoms with Crippen molar-refractivity contribution in [1.82, 2.24) is 5.48 Å².